The summed E-state index contributed by atoms with van der Waals surface area (Å²) in [4.78, 5) is 18.9. The second kappa shape index (κ2) is 11.4. The standard InChI is InChI=1S/C29H36N2O7S/c1-29(2,3)38-28(32)31-12-11-22(19-13-21(16-30-15-19)39(6,33)34)26(17-31)37-18-20-14-25(35-4)23-9-7-8-10-24(23)27(20)36-5/h7-10,13-16,22,26H,11-12,17-18H2,1-6H3. The molecule has 4 rings (SSSR count). The lowest BCUT2D eigenvalue weighted by atomic mass is 9.88. The highest BCUT2D eigenvalue weighted by Crippen LogP contribution is 2.38. The minimum absolute atomic E-state index is 0.147. The Balaban J connectivity index is 1.67. The molecule has 1 aromatic heterocycles. The first-order valence-electron chi connectivity index (χ1n) is 12.8. The Bertz CT molecular complexity index is 1450. The number of pyridine rings is 1. The quantitative estimate of drug-likeness (QED) is 0.402. The molecule has 0 N–H and O–H groups in total. The number of nitrogens with zero attached hydrogens (tertiary/aromatic N) is 2. The third-order valence-corrected chi connectivity index (χ3v) is 7.79. The van der Waals surface area contributed by atoms with Crippen LogP contribution in [-0.4, -0.2) is 69.7 Å². The zero-order valence-corrected chi connectivity index (χ0v) is 24.1. The van der Waals surface area contributed by atoms with E-state index in [2.05, 4.69) is 4.98 Å². The summed E-state index contributed by atoms with van der Waals surface area (Å²) in [6.45, 7) is 6.38. The first-order chi connectivity index (χ1) is 18.4. The van der Waals surface area contributed by atoms with Crippen LogP contribution in [-0.2, 0) is 25.9 Å². The zero-order chi connectivity index (χ0) is 28.4. The molecule has 2 unspecified atom stereocenters. The molecule has 1 aliphatic heterocycles. The molecule has 0 bridgehead atoms. The fraction of sp³-hybridized carbons (Fsp3) is 0.448. The minimum atomic E-state index is -3.44. The number of likely N-dealkylation sites (tertiary alicyclic amines) is 1. The molecule has 1 fully saturated rings. The second-order valence-corrected chi connectivity index (χ2v) is 12.7. The molecule has 3 aromatic rings. The molecular formula is C29H36N2O7S. The van der Waals surface area contributed by atoms with Crippen LogP contribution in [0.25, 0.3) is 10.8 Å². The van der Waals surface area contributed by atoms with Crippen molar-refractivity contribution in [1.29, 1.82) is 0 Å². The van der Waals surface area contributed by atoms with Crippen LogP contribution in [0.15, 0.2) is 53.7 Å². The van der Waals surface area contributed by atoms with E-state index in [0.717, 1.165) is 28.2 Å². The third-order valence-electron chi connectivity index (χ3n) is 6.71. The number of hydrogen-bond donors (Lipinski definition) is 0. The van der Waals surface area contributed by atoms with Crippen molar-refractivity contribution in [3.05, 3.63) is 59.9 Å². The number of methoxy groups -OCH3 is 2. The van der Waals surface area contributed by atoms with Crippen LogP contribution in [0.3, 0.4) is 0 Å². The van der Waals surface area contributed by atoms with Crippen molar-refractivity contribution in [2.24, 2.45) is 0 Å². The monoisotopic (exact) mass is 556 g/mol. The normalized spacial score (nSPS) is 18.2. The highest BCUT2D eigenvalue weighted by atomic mass is 32.2. The summed E-state index contributed by atoms with van der Waals surface area (Å²) in [5.41, 5.74) is 0.909. The average Bonchev–Trinajstić information content (AvgIpc) is 2.89. The molecule has 0 saturated carbocycles. The SMILES string of the molecule is COc1cc(COC2CN(C(=O)OC(C)(C)C)CCC2c2cncc(S(C)(=O)=O)c2)c(OC)c2ccccc12. The van der Waals surface area contributed by atoms with Crippen molar-refractivity contribution in [2.75, 3.05) is 33.6 Å². The molecule has 2 atom stereocenters. The van der Waals surface area contributed by atoms with Gasteiger partial charge in [0.15, 0.2) is 9.84 Å². The maximum atomic E-state index is 12.9. The number of sulfone groups is 1. The first-order valence-corrected chi connectivity index (χ1v) is 14.7. The third kappa shape index (κ3) is 6.62. The van der Waals surface area contributed by atoms with Gasteiger partial charge in [-0.25, -0.2) is 13.2 Å². The van der Waals surface area contributed by atoms with Gasteiger partial charge in [-0.2, -0.15) is 0 Å². The number of hydrogen-bond acceptors (Lipinski definition) is 8. The molecule has 1 saturated heterocycles. The summed E-state index contributed by atoms with van der Waals surface area (Å²) >= 11 is 0. The van der Waals surface area contributed by atoms with Gasteiger partial charge in [-0.15, -0.1) is 0 Å². The van der Waals surface area contributed by atoms with Crippen molar-refractivity contribution < 1.29 is 32.2 Å². The van der Waals surface area contributed by atoms with Gasteiger partial charge in [0.1, 0.15) is 17.1 Å². The molecule has 2 aromatic carbocycles. The van der Waals surface area contributed by atoms with E-state index in [-0.39, 0.29) is 24.0 Å². The van der Waals surface area contributed by atoms with Gasteiger partial charge in [0.05, 0.1) is 38.4 Å². The van der Waals surface area contributed by atoms with Crippen molar-refractivity contribution in [2.45, 2.75) is 56.3 Å². The van der Waals surface area contributed by atoms with Crippen LogP contribution in [0.2, 0.25) is 0 Å². The van der Waals surface area contributed by atoms with Gasteiger partial charge in [-0.1, -0.05) is 24.3 Å². The number of piperidine rings is 1. The van der Waals surface area contributed by atoms with E-state index in [9.17, 15) is 13.2 Å². The molecule has 1 amide bonds. The van der Waals surface area contributed by atoms with Crippen LogP contribution >= 0.6 is 0 Å². The summed E-state index contributed by atoms with van der Waals surface area (Å²) in [5.74, 6) is 1.19. The topological polar surface area (TPSA) is 104 Å². The molecule has 1 aliphatic rings. The van der Waals surface area contributed by atoms with E-state index in [0.29, 0.717) is 24.5 Å². The van der Waals surface area contributed by atoms with Crippen LogP contribution in [0.4, 0.5) is 4.79 Å². The van der Waals surface area contributed by atoms with Crippen molar-refractivity contribution >= 4 is 26.7 Å². The Morgan fingerprint density at radius 2 is 1.79 bits per heavy atom. The summed E-state index contributed by atoms with van der Waals surface area (Å²) in [5, 5.41) is 1.83. The van der Waals surface area contributed by atoms with Gasteiger partial charge in [0.25, 0.3) is 0 Å². The van der Waals surface area contributed by atoms with E-state index in [1.165, 1.54) is 6.20 Å². The van der Waals surface area contributed by atoms with Crippen molar-refractivity contribution in [1.82, 2.24) is 9.88 Å². The zero-order valence-electron chi connectivity index (χ0n) is 23.3. The fourth-order valence-corrected chi connectivity index (χ4v) is 5.49. The summed E-state index contributed by atoms with van der Waals surface area (Å²) in [6, 6.07) is 11.4. The summed E-state index contributed by atoms with van der Waals surface area (Å²) in [7, 11) is -0.197. The Morgan fingerprint density at radius 3 is 2.44 bits per heavy atom. The van der Waals surface area contributed by atoms with Gasteiger partial charge in [0, 0.05) is 47.4 Å². The van der Waals surface area contributed by atoms with Crippen molar-refractivity contribution in [3.63, 3.8) is 0 Å². The van der Waals surface area contributed by atoms with Gasteiger partial charge in [-0.05, 0) is 44.9 Å². The Hall–Kier alpha value is -3.37. The second-order valence-electron chi connectivity index (χ2n) is 10.7. The number of carbonyl (C=O) groups is 1. The maximum Gasteiger partial charge on any atom is 0.410 e. The van der Waals surface area contributed by atoms with Gasteiger partial charge < -0.3 is 23.8 Å². The highest BCUT2D eigenvalue weighted by Gasteiger charge is 2.36. The fourth-order valence-electron chi connectivity index (χ4n) is 4.88. The van der Waals surface area contributed by atoms with Crippen LogP contribution in [0.5, 0.6) is 11.5 Å². The molecule has 10 heteroatoms. The molecule has 0 spiro atoms. The van der Waals surface area contributed by atoms with Gasteiger partial charge in [-0.3, -0.25) is 4.98 Å². The predicted octanol–water partition coefficient (Wildman–Crippen LogP) is 4.97. The van der Waals surface area contributed by atoms with Crippen molar-refractivity contribution in [3.8, 4) is 11.5 Å². The van der Waals surface area contributed by atoms with E-state index >= 15 is 0 Å². The Kier molecular flexibility index (Phi) is 8.37. The lowest BCUT2D eigenvalue weighted by Gasteiger charge is -2.39. The summed E-state index contributed by atoms with van der Waals surface area (Å²) < 4.78 is 47.9. The molecular weight excluding hydrogens is 520 g/mol. The number of rotatable bonds is 7. The Labute approximate surface area is 229 Å². The molecule has 210 valence electrons. The minimum Gasteiger partial charge on any atom is -0.496 e. The number of fused-ring (bicyclic) bond motifs is 1. The molecule has 0 radical (unpaired) electrons. The van der Waals surface area contributed by atoms with E-state index in [4.69, 9.17) is 18.9 Å². The highest BCUT2D eigenvalue weighted by molar-refractivity contribution is 7.90. The molecule has 0 aliphatic carbocycles. The molecule has 39 heavy (non-hydrogen) atoms. The van der Waals surface area contributed by atoms with Crippen LogP contribution < -0.4 is 9.47 Å². The first kappa shape index (κ1) is 28.6. The van der Waals surface area contributed by atoms with Crippen LogP contribution in [0, 0.1) is 0 Å². The molecule has 9 nitrogen and oxygen atoms in total. The smallest absolute Gasteiger partial charge is 0.410 e. The van der Waals surface area contributed by atoms with Crippen LogP contribution in [0.1, 0.15) is 44.2 Å². The maximum absolute atomic E-state index is 12.9. The van der Waals surface area contributed by atoms with E-state index < -0.39 is 27.6 Å². The number of carbonyl (C=O) groups excluding carboxylic acids is 1. The number of aromatic nitrogens is 1. The summed E-state index contributed by atoms with van der Waals surface area (Å²) in [6.07, 6.45) is 3.85. The lowest BCUT2D eigenvalue weighted by molar-refractivity contribution is -0.0363. The van der Waals surface area contributed by atoms with Gasteiger partial charge in [0.2, 0.25) is 0 Å². The number of ether oxygens (including phenoxy) is 4. The average molecular weight is 557 g/mol. The lowest BCUT2D eigenvalue weighted by Crippen LogP contribution is -2.48. The van der Waals surface area contributed by atoms with E-state index in [1.54, 1.807) is 31.4 Å². The van der Waals surface area contributed by atoms with Gasteiger partial charge >= 0.3 is 6.09 Å². The number of benzene rings is 2. The Morgan fingerprint density at radius 1 is 1.08 bits per heavy atom. The predicted molar refractivity (Wildman–Crippen MR) is 148 cm³/mol. The largest absolute Gasteiger partial charge is 0.496 e. The van der Waals surface area contributed by atoms with E-state index in [1.807, 2.05) is 51.1 Å². The number of amides is 1. The molecule has 2 heterocycles.